The molecule has 0 bridgehead atoms. The molecule has 2 aromatic rings. The molecule has 0 radical (unpaired) electrons. The second kappa shape index (κ2) is 5.82. The second-order valence-corrected chi connectivity index (χ2v) is 9.27. The number of carboxylic acids is 1. The van der Waals surface area contributed by atoms with Gasteiger partial charge in [0, 0.05) is 11.2 Å². The van der Waals surface area contributed by atoms with Gasteiger partial charge in [0.1, 0.15) is 0 Å². The fraction of sp³-hybridized carbons (Fsp3) is 0.389. The molecule has 0 saturated carbocycles. The summed E-state index contributed by atoms with van der Waals surface area (Å²) < 4.78 is -1.34. The first-order valence-electron chi connectivity index (χ1n) is 8.64. The number of aliphatic carboxylic acids is 1. The molecule has 2 aliphatic rings. The number of nitrogens with one attached hydrogen (secondary N) is 2. The molecule has 5 N–H and O–H groups in total. The summed E-state index contributed by atoms with van der Waals surface area (Å²) in [5.74, 6) is -2.52. The molecule has 27 heavy (non-hydrogen) atoms. The van der Waals surface area contributed by atoms with Crippen LogP contribution in [-0.2, 0) is 14.4 Å². The molecule has 1 aromatic carbocycles. The van der Waals surface area contributed by atoms with E-state index in [4.69, 9.17) is 5.73 Å². The van der Waals surface area contributed by atoms with E-state index in [9.17, 15) is 19.5 Å². The van der Waals surface area contributed by atoms with Crippen LogP contribution >= 0.6 is 11.8 Å². The number of H-pyrrole nitrogens is 1. The maximum atomic E-state index is 13.3. The Morgan fingerprint density at radius 2 is 2.07 bits per heavy atom. The van der Waals surface area contributed by atoms with E-state index in [-0.39, 0.29) is 12.5 Å². The van der Waals surface area contributed by atoms with Crippen LogP contribution < -0.4 is 11.2 Å². The van der Waals surface area contributed by atoms with Crippen LogP contribution in [0, 0.1) is 0 Å². The van der Waals surface area contributed by atoms with Gasteiger partial charge in [-0.25, -0.2) is 9.59 Å². The van der Waals surface area contributed by atoms with Crippen LogP contribution in [0.2, 0.25) is 0 Å². The Morgan fingerprint density at radius 3 is 2.70 bits per heavy atom. The SMILES string of the molecule is CC1(C)S[C@@H]2[C@H](c3cc4ccccc4[nH]3)C(=O)[N+]2(NC(=O)CN)[C@H]1C(=O)O. The highest BCUT2D eigenvalue weighted by Crippen LogP contribution is 2.60. The van der Waals surface area contributed by atoms with Crippen molar-refractivity contribution in [3.05, 3.63) is 36.0 Å². The lowest BCUT2D eigenvalue weighted by atomic mass is 9.87. The lowest BCUT2D eigenvalue weighted by Crippen LogP contribution is -2.82. The van der Waals surface area contributed by atoms with Gasteiger partial charge in [0.2, 0.25) is 6.04 Å². The van der Waals surface area contributed by atoms with Crippen molar-refractivity contribution in [2.75, 3.05) is 6.54 Å². The first kappa shape index (κ1) is 18.0. The zero-order valence-corrected chi connectivity index (χ0v) is 15.7. The van der Waals surface area contributed by atoms with E-state index in [1.807, 2.05) is 30.3 Å². The Morgan fingerprint density at radius 1 is 1.37 bits per heavy atom. The fourth-order valence-corrected chi connectivity index (χ4v) is 6.24. The van der Waals surface area contributed by atoms with E-state index in [0.717, 1.165) is 16.6 Å². The number of thioether (sulfide) groups is 1. The average Bonchev–Trinajstić information content (AvgIpc) is 3.10. The van der Waals surface area contributed by atoms with Crippen molar-refractivity contribution < 1.29 is 24.1 Å². The molecule has 2 aliphatic heterocycles. The normalized spacial score (nSPS) is 31.4. The summed E-state index contributed by atoms with van der Waals surface area (Å²) in [5.41, 5.74) is 9.68. The number of carbonyl (C=O) groups is 3. The predicted octanol–water partition coefficient (Wildman–Crippen LogP) is 0.903. The van der Waals surface area contributed by atoms with E-state index in [0.29, 0.717) is 0 Å². The molecule has 142 valence electrons. The number of amides is 2. The van der Waals surface area contributed by atoms with Crippen molar-refractivity contribution in [1.82, 2.24) is 10.4 Å². The molecule has 4 rings (SSSR count). The summed E-state index contributed by atoms with van der Waals surface area (Å²) in [6.45, 7) is 3.27. The number of aromatic amines is 1. The highest BCUT2D eigenvalue weighted by atomic mass is 32.2. The zero-order valence-electron chi connectivity index (χ0n) is 14.9. The number of nitrogens with zero attached hydrogens (tertiary/aromatic N) is 1. The van der Waals surface area contributed by atoms with Gasteiger partial charge in [-0.05, 0) is 31.4 Å². The van der Waals surface area contributed by atoms with Crippen LogP contribution in [0.3, 0.4) is 0 Å². The minimum atomic E-state index is -1.12. The van der Waals surface area contributed by atoms with Gasteiger partial charge < -0.3 is 15.8 Å². The van der Waals surface area contributed by atoms with Gasteiger partial charge in [-0.15, -0.1) is 4.59 Å². The van der Waals surface area contributed by atoms with E-state index >= 15 is 0 Å². The van der Waals surface area contributed by atoms with E-state index in [1.54, 1.807) is 13.8 Å². The Kier molecular flexibility index (Phi) is 3.88. The van der Waals surface area contributed by atoms with Crippen molar-refractivity contribution in [2.24, 2.45) is 5.73 Å². The molecule has 2 amide bonds. The Labute approximate surface area is 159 Å². The summed E-state index contributed by atoms with van der Waals surface area (Å²) in [7, 11) is 0. The number of fused-ring (bicyclic) bond motifs is 2. The predicted molar refractivity (Wildman–Crippen MR) is 100 cm³/mol. The van der Waals surface area contributed by atoms with Crippen LogP contribution in [0.15, 0.2) is 30.3 Å². The van der Waals surface area contributed by atoms with Crippen molar-refractivity contribution in [3.8, 4) is 0 Å². The van der Waals surface area contributed by atoms with Crippen LogP contribution in [0.1, 0.15) is 25.5 Å². The Bertz CT molecular complexity index is 938. The highest BCUT2D eigenvalue weighted by molar-refractivity contribution is 8.01. The van der Waals surface area contributed by atoms with E-state index in [2.05, 4.69) is 10.4 Å². The number of para-hydroxylation sites is 1. The topological polar surface area (TPSA) is 125 Å². The number of hydrogen-bond donors (Lipinski definition) is 4. The van der Waals surface area contributed by atoms with Crippen molar-refractivity contribution in [1.29, 1.82) is 0 Å². The van der Waals surface area contributed by atoms with Gasteiger partial charge in [-0.2, -0.15) is 5.43 Å². The number of β-lactam (4-membered cyclic amide) rings is 1. The van der Waals surface area contributed by atoms with Crippen molar-refractivity contribution in [2.45, 2.75) is 35.9 Å². The molecule has 3 heterocycles. The summed E-state index contributed by atoms with van der Waals surface area (Å²) in [6.07, 6.45) is 0. The molecule has 1 unspecified atom stereocenters. The van der Waals surface area contributed by atoms with Crippen LogP contribution in [0.25, 0.3) is 10.9 Å². The maximum Gasteiger partial charge on any atom is 0.367 e. The third-order valence-electron chi connectivity index (χ3n) is 5.42. The monoisotopic (exact) mass is 389 g/mol. The maximum absolute atomic E-state index is 13.3. The smallest absolute Gasteiger partial charge is 0.367 e. The number of carboxylic acid groups (broad SMARTS) is 1. The Hall–Kier alpha value is -2.36. The number of benzene rings is 1. The number of carbonyl (C=O) groups excluding carboxylic acids is 2. The average molecular weight is 389 g/mol. The summed E-state index contributed by atoms with van der Waals surface area (Å²) in [5, 5.41) is 10.4. The zero-order chi connectivity index (χ0) is 19.6. The molecule has 9 heteroatoms. The number of quaternary nitrogens is 1. The Balaban J connectivity index is 1.80. The molecular weight excluding hydrogens is 368 g/mol. The van der Waals surface area contributed by atoms with E-state index in [1.165, 1.54) is 11.8 Å². The third kappa shape index (κ3) is 2.35. The fourth-order valence-electron chi connectivity index (χ4n) is 4.38. The summed E-state index contributed by atoms with van der Waals surface area (Å²) >= 11 is 1.42. The third-order valence-corrected chi connectivity index (χ3v) is 7.10. The van der Waals surface area contributed by atoms with Gasteiger partial charge in [0.25, 0.3) is 5.91 Å². The van der Waals surface area contributed by atoms with Gasteiger partial charge in [-0.3, -0.25) is 4.79 Å². The minimum Gasteiger partial charge on any atom is -0.477 e. The molecule has 2 saturated heterocycles. The molecule has 2 fully saturated rings. The van der Waals surface area contributed by atoms with Crippen LogP contribution in [0.4, 0.5) is 0 Å². The quantitative estimate of drug-likeness (QED) is 0.455. The second-order valence-electron chi connectivity index (χ2n) is 7.50. The van der Waals surface area contributed by atoms with Crippen LogP contribution in [0.5, 0.6) is 0 Å². The van der Waals surface area contributed by atoms with Gasteiger partial charge in [-0.1, -0.05) is 30.0 Å². The molecule has 1 aromatic heterocycles. The minimum absolute atomic E-state index is 0.311. The number of hydrogen-bond acceptors (Lipinski definition) is 5. The van der Waals surface area contributed by atoms with E-state index < -0.39 is 38.5 Å². The van der Waals surface area contributed by atoms with Gasteiger partial charge in [0.15, 0.2) is 11.3 Å². The number of aromatic nitrogens is 1. The largest absolute Gasteiger partial charge is 0.477 e. The molecule has 4 atom stereocenters. The standard InChI is InChI=1S/C18H20N4O4S/c1-18(2)14(17(25)26)22(21-12(23)8-19)15(24)13(16(22)27-18)11-7-9-5-3-4-6-10(9)20-11/h3-7,13-14,16,20H,8,19H2,1-2H3,(H-,21,23,25,26)/p+1/t13-,14+,16-,22?/m1/s1. The first-order chi connectivity index (χ1) is 12.7. The van der Waals surface area contributed by atoms with Gasteiger partial charge in [0.05, 0.1) is 11.3 Å². The lowest BCUT2D eigenvalue weighted by molar-refractivity contribution is -0.937. The lowest BCUT2D eigenvalue weighted by Gasteiger charge is -2.49. The number of rotatable bonds is 4. The molecule has 0 aliphatic carbocycles. The number of nitrogens with two attached hydrogens (primary N) is 1. The van der Waals surface area contributed by atoms with Crippen LogP contribution in [-0.4, -0.2) is 55.2 Å². The highest BCUT2D eigenvalue weighted by Gasteiger charge is 2.80. The molecular formula is C18H21N4O4S+. The summed E-state index contributed by atoms with van der Waals surface area (Å²) in [6, 6.07) is 8.52. The summed E-state index contributed by atoms with van der Waals surface area (Å²) in [4.78, 5) is 40.7. The molecule has 0 spiro atoms. The van der Waals surface area contributed by atoms with Crippen molar-refractivity contribution >= 4 is 40.4 Å². The first-order valence-corrected chi connectivity index (χ1v) is 9.52. The molecule has 8 nitrogen and oxygen atoms in total. The van der Waals surface area contributed by atoms with Gasteiger partial charge >= 0.3 is 11.9 Å². The van der Waals surface area contributed by atoms with Crippen molar-refractivity contribution in [3.63, 3.8) is 0 Å².